The molecule has 0 fully saturated rings. The quantitative estimate of drug-likeness (QED) is 0.577. The minimum absolute atomic E-state index is 0.816. The molecule has 0 saturated carbocycles. The molecule has 0 saturated heterocycles. The van der Waals surface area contributed by atoms with Gasteiger partial charge in [0, 0.05) is 0 Å². The molecule has 5 heteroatoms. The van der Waals surface area contributed by atoms with Crippen LogP contribution in [0.5, 0.6) is 0 Å². The topological polar surface area (TPSA) is 46.5 Å². The smallest absolute Gasteiger partial charge is 0.379 e. The van der Waals surface area contributed by atoms with E-state index in [4.69, 9.17) is 5.11 Å². The number of carbonyl (C=O) groups is 1. The van der Waals surface area contributed by atoms with Crippen LogP contribution in [-0.4, -0.2) is 30.2 Å². The van der Waals surface area contributed by atoms with Crippen molar-refractivity contribution in [2.24, 2.45) is 0 Å². The largest absolute Gasteiger partial charge is 0.465 e. The minimum Gasteiger partial charge on any atom is -0.465 e. The molecule has 0 unspecified atom stereocenters. The molecule has 0 amide bonds. The lowest BCUT2D eigenvalue weighted by Crippen LogP contribution is -2.40. The maximum absolute atomic E-state index is 12.2. The number of ether oxygens (including phenoxy) is 1. The molecule has 10 heavy (non-hydrogen) atoms. The molecule has 0 heterocycles. The van der Waals surface area contributed by atoms with Crippen molar-refractivity contribution in [3.63, 3.8) is 0 Å². The van der Waals surface area contributed by atoms with E-state index in [0.29, 0.717) is 0 Å². The van der Waals surface area contributed by atoms with Gasteiger partial charge in [-0.15, -0.1) is 0 Å². The van der Waals surface area contributed by atoms with E-state index >= 15 is 0 Å². The summed E-state index contributed by atoms with van der Waals surface area (Å²) in [6.07, 6.45) is -2.01. The molecule has 60 valence electrons. The second-order valence-corrected chi connectivity index (χ2v) is 1.79. The van der Waals surface area contributed by atoms with Gasteiger partial charge in [-0.2, -0.15) is 8.78 Å². The number of aliphatic hydroxyl groups is 1. The van der Waals surface area contributed by atoms with Gasteiger partial charge < -0.3 is 9.84 Å². The first kappa shape index (κ1) is 9.29. The Bertz CT molecular complexity index is 133. The van der Waals surface area contributed by atoms with Crippen LogP contribution in [-0.2, 0) is 9.53 Å². The molecule has 0 spiro atoms. The number of hydrogen-bond acceptors (Lipinski definition) is 3. The van der Waals surface area contributed by atoms with Crippen LogP contribution < -0.4 is 0 Å². The van der Waals surface area contributed by atoms with E-state index in [1.165, 1.54) is 0 Å². The minimum atomic E-state index is -3.80. The normalized spacial score (nSPS) is 14.5. The highest BCUT2D eigenvalue weighted by atomic mass is 19.3. The van der Waals surface area contributed by atoms with Gasteiger partial charge in [-0.05, 0) is 6.92 Å². The van der Waals surface area contributed by atoms with E-state index < -0.39 is 18.0 Å². The average Bonchev–Trinajstić information content (AvgIpc) is 1.86. The summed E-state index contributed by atoms with van der Waals surface area (Å²) in [5, 5.41) is 8.33. The predicted octanol–water partition coefficient (Wildman–Crippen LogP) is 0.175. The fourth-order valence-corrected chi connectivity index (χ4v) is 0.307. The van der Waals surface area contributed by atoms with Gasteiger partial charge in [0.05, 0.1) is 7.11 Å². The van der Waals surface area contributed by atoms with Gasteiger partial charge in [-0.3, -0.25) is 0 Å². The first-order valence-electron chi connectivity index (χ1n) is 2.57. The Morgan fingerprint density at radius 1 is 1.70 bits per heavy atom. The number of rotatable bonds is 2. The Kier molecular flexibility index (Phi) is 2.71. The molecule has 0 bridgehead atoms. The number of aliphatic hydroxyl groups excluding tert-OH is 1. The van der Waals surface area contributed by atoms with Crippen LogP contribution in [0.2, 0.25) is 0 Å². The number of carbonyl (C=O) groups excluding carboxylic acids is 1. The fraction of sp³-hybridized carbons (Fsp3) is 0.800. The van der Waals surface area contributed by atoms with Gasteiger partial charge in [0.15, 0.2) is 0 Å². The lowest BCUT2D eigenvalue weighted by molar-refractivity contribution is -0.183. The van der Waals surface area contributed by atoms with E-state index in [0.717, 1.165) is 14.0 Å². The maximum Gasteiger partial charge on any atom is 0.379 e. The van der Waals surface area contributed by atoms with Crippen LogP contribution in [0.4, 0.5) is 8.78 Å². The van der Waals surface area contributed by atoms with E-state index in [-0.39, 0.29) is 0 Å². The molecular weight excluding hydrogens is 146 g/mol. The highest BCUT2D eigenvalue weighted by molar-refractivity contribution is 5.78. The first-order valence-corrected chi connectivity index (χ1v) is 2.57. The number of alkyl halides is 2. The monoisotopic (exact) mass is 154 g/mol. The van der Waals surface area contributed by atoms with Crippen molar-refractivity contribution in [1.82, 2.24) is 0 Å². The van der Waals surface area contributed by atoms with E-state index in [9.17, 15) is 13.6 Å². The summed E-state index contributed by atoms with van der Waals surface area (Å²) in [5.41, 5.74) is 0. The molecule has 0 radical (unpaired) electrons. The Morgan fingerprint density at radius 2 is 2.10 bits per heavy atom. The maximum atomic E-state index is 12.2. The van der Waals surface area contributed by atoms with Crippen LogP contribution in [0.1, 0.15) is 6.92 Å². The van der Waals surface area contributed by atoms with Crippen LogP contribution in [0.25, 0.3) is 0 Å². The van der Waals surface area contributed by atoms with Gasteiger partial charge >= 0.3 is 11.9 Å². The van der Waals surface area contributed by atoms with E-state index in [2.05, 4.69) is 4.74 Å². The molecule has 0 aromatic carbocycles. The first-order chi connectivity index (χ1) is 4.42. The fourth-order valence-electron chi connectivity index (χ4n) is 0.307. The van der Waals surface area contributed by atoms with Crippen molar-refractivity contribution in [2.75, 3.05) is 7.11 Å². The van der Waals surface area contributed by atoms with E-state index in [1.54, 1.807) is 0 Å². The zero-order valence-electron chi connectivity index (χ0n) is 5.60. The molecular formula is C5H8F2O3. The van der Waals surface area contributed by atoms with Crippen LogP contribution in [0.3, 0.4) is 0 Å². The number of methoxy groups -OCH3 is 1. The van der Waals surface area contributed by atoms with Crippen molar-refractivity contribution in [3.8, 4) is 0 Å². The zero-order chi connectivity index (χ0) is 8.36. The van der Waals surface area contributed by atoms with Crippen LogP contribution in [0, 0.1) is 0 Å². The second kappa shape index (κ2) is 2.92. The van der Waals surface area contributed by atoms with Gasteiger partial charge in [0.25, 0.3) is 0 Å². The predicted molar refractivity (Wildman–Crippen MR) is 28.6 cm³/mol. The Morgan fingerprint density at radius 3 is 2.20 bits per heavy atom. The lowest BCUT2D eigenvalue weighted by atomic mass is 10.2. The highest BCUT2D eigenvalue weighted by Gasteiger charge is 2.45. The molecule has 0 aliphatic heterocycles. The van der Waals surface area contributed by atoms with Crippen LogP contribution in [0.15, 0.2) is 0 Å². The summed E-state index contributed by atoms with van der Waals surface area (Å²) in [6.45, 7) is 0.816. The zero-order valence-corrected chi connectivity index (χ0v) is 5.60. The Balaban J connectivity index is 4.24. The van der Waals surface area contributed by atoms with Crippen molar-refractivity contribution >= 4 is 5.97 Å². The lowest BCUT2D eigenvalue weighted by Gasteiger charge is -2.15. The summed E-state index contributed by atoms with van der Waals surface area (Å²) in [7, 11) is 0.832. The molecule has 0 aliphatic carbocycles. The highest BCUT2D eigenvalue weighted by Crippen LogP contribution is 2.19. The Labute approximate surface area is 56.6 Å². The van der Waals surface area contributed by atoms with Gasteiger partial charge in [0.2, 0.25) is 0 Å². The van der Waals surface area contributed by atoms with Crippen molar-refractivity contribution in [1.29, 1.82) is 0 Å². The third-order valence-corrected chi connectivity index (χ3v) is 0.982. The summed E-state index contributed by atoms with van der Waals surface area (Å²) in [5.74, 6) is -5.52. The molecule has 0 aromatic rings. The molecule has 0 aromatic heterocycles. The molecule has 1 N–H and O–H groups in total. The number of esters is 1. The van der Waals surface area contributed by atoms with Gasteiger partial charge in [-0.25, -0.2) is 4.79 Å². The van der Waals surface area contributed by atoms with Crippen LogP contribution >= 0.6 is 0 Å². The summed E-state index contributed by atoms with van der Waals surface area (Å²) >= 11 is 0. The summed E-state index contributed by atoms with van der Waals surface area (Å²) in [4.78, 5) is 10.1. The van der Waals surface area contributed by atoms with Crippen molar-refractivity contribution in [3.05, 3.63) is 0 Å². The van der Waals surface area contributed by atoms with E-state index in [1.807, 2.05) is 0 Å². The second-order valence-electron chi connectivity index (χ2n) is 1.79. The van der Waals surface area contributed by atoms with Gasteiger partial charge in [-0.1, -0.05) is 0 Å². The molecule has 1 atom stereocenters. The van der Waals surface area contributed by atoms with Crippen molar-refractivity contribution < 1.29 is 23.4 Å². The summed E-state index contributed by atoms with van der Waals surface area (Å²) < 4.78 is 28.2. The number of halogens is 2. The van der Waals surface area contributed by atoms with Crippen molar-refractivity contribution in [2.45, 2.75) is 19.0 Å². The average molecular weight is 154 g/mol. The SMILES string of the molecule is COC(=O)C(F)(F)[C@@H](C)O. The third kappa shape index (κ3) is 1.63. The standard InChI is InChI=1S/C5H8F2O3/c1-3(8)5(6,7)4(9)10-2/h3,8H,1-2H3/t3-/m1/s1. The molecule has 3 nitrogen and oxygen atoms in total. The Hall–Kier alpha value is -0.710. The third-order valence-electron chi connectivity index (χ3n) is 0.982. The number of hydrogen-bond donors (Lipinski definition) is 1. The van der Waals surface area contributed by atoms with Gasteiger partial charge in [0.1, 0.15) is 6.10 Å². The molecule has 0 aliphatic rings. The molecule has 0 rings (SSSR count). The summed E-state index contributed by atoms with van der Waals surface area (Å²) in [6, 6.07) is 0.